The fourth-order valence-corrected chi connectivity index (χ4v) is 1.93. The summed E-state index contributed by atoms with van der Waals surface area (Å²) in [5.41, 5.74) is 0. The van der Waals surface area contributed by atoms with Crippen molar-refractivity contribution in [2.24, 2.45) is 0 Å². The lowest BCUT2D eigenvalue weighted by atomic mass is 10.1. The van der Waals surface area contributed by atoms with E-state index in [4.69, 9.17) is 10.2 Å². The minimum atomic E-state index is -0.793. The highest BCUT2D eigenvalue weighted by atomic mass is 79.9. The number of aliphatic carboxylic acids is 2. The second-order valence-corrected chi connectivity index (χ2v) is 5.32. The summed E-state index contributed by atoms with van der Waals surface area (Å²) in [4.78, 5) is 20.3. The standard InChI is InChI=1S/C12H21BrO4/c13-10(12(16)17)8-6-4-2-1-3-5-7-9-11(14)15/h10H,1-9H2,(H,14,15)(H,16,17). The Kier molecular flexibility index (Phi) is 10.2. The van der Waals surface area contributed by atoms with Crippen molar-refractivity contribution in [3.63, 3.8) is 0 Å². The fourth-order valence-electron chi connectivity index (χ4n) is 1.61. The number of hydrogen-bond acceptors (Lipinski definition) is 2. The van der Waals surface area contributed by atoms with Gasteiger partial charge in [0.1, 0.15) is 4.83 Å². The zero-order valence-electron chi connectivity index (χ0n) is 10.0. The minimum absolute atomic E-state index is 0.268. The number of rotatable bonds is 11. The van der Waals surface area contributed by atoms with Gasteiger partial charge in [0.2, 0.25) is 0 Å². The number of hydrogen-bond donors (Lipinski definition) is 2. The van der Waals surface area contributed by atoms with Crippen LogP contribution in [0, 0.1) is 0 Å². The maximum absolute atomic E-state index is 10.5. The van der Waals surface area contributed by atoms with E-state index in [1.165, 1.54) is 0 Å². The molecule has 17 heavy (non-hydrogen) atoms. The van der Waals surface area contributed by atoms with Crippen LogP contribution in [0.4, 0.5) is 0 Å². The lowest BCUT2D eigenvalue weighted by Gasteiger charge is -2.04. The summed E-state index contributed by atoms with van der Waals surface area (Å²) in [6.45, 7) is 0. The van der Waals surface area contributed by atoms with Crippen molar-refractivity contribution in [1.82, 2.24) is 0 Å². The van der Waals surface area contributed by atoms with E-state index in [2.05, 4.69) is 15.9 Å². The summed E-state index contributed by atoms with van der Waals surface area (Å²) in [6.07, 6.45) is 7.94. The van der Waals surface area contributed by atoms with Crippen LogP contribution in [0.1, 0.15) is 57.8 Å². The molecule has 0 spiro atoms. The van der Waals surface area contributed by atoms with E-state index >= 15 is 0 Å². The predicted molar refractivity (Wildman–Crippen MR) is 69.5 cm³/mol. The number of unbranched alkanes of at least 4 members (excludes halogenated alkanes) is 6. The maximum Gasteiger partial charge on any atom is 0.317 e. The Labute approximate surface area is 111 Å². The lowest BCUT2D eigenvalue weighted by Crippen LogP contribution is -2.11. The van der Waals surface area contributed by atoms with Gasteiger partial charge in [-0.2, -0.15) is 0 Å². The summed E-state index contributed by atoms with van der Waals surface area (Å²) >= 11 is 3.10. The van der Waals surface area contributed by atoms with Gasteiger partial charge < -0.3 is 10.2 Å². The SMILES string of the molecule is O=C(O)CCCCCCCCCC(Br)C(=O)O. The molecule has 0 aromatic carbocycles. The van der Waals surface area contributed by atoms with Crippen LogP contribution in [0.15, 0.2) is 0 Å². The summed E-state index contributed by atoms with van der Waals surface area (Å²) in [5.74, 6) is -1.51. The smallest absolute Gasteiger partial charge is 0.317 e. The maximum atomic E-state index is 10.5. The molecule has 5 heteroatoms. The third-order valence-corrected chi connectivity index (χ3v) is 3.47. The van der Waals surface area contributed by atoms with Crippen molar-refractivity contribution in [1.29, 1.82) is 0 Å². The van der Waals surface area contributed by atoms with Crippen LogP contribution in [0.2, 0.25) is 0 Å². The van der Waals surface area contributed by atoms with Crippen molar-refractivity contribution in [2.75, 3.05) is 0 Å². The van der Waals surface area contributed by atoms with Gasteiger partial charge in [0.05, 0.1) is 0 Å². The monoisotopic (exact) mass is 308 g/mol. The van der Waals surface area contributed by atoms with E-state index in [9.17, 15) is 9.59 Å². The topological polar surface area (TPSA) is 74.6 Å². The van der Waals surface area contributed by atoms with Crippen molar-refractivity contribution >= 4 is 27.9 Å². The summed E-state index contributed by atoms with van der Waals surface area (Å²) in [7, 11) is 0. The molecular formula is C12H21BrO4. The molecule has 0 aromatic rings. The molecule has 0 saturated heterocycles. The minimum Gasteiger partial charge on any atom is -0.481 e. The van der Waals surface area contributed by atoms with Gasteiger partial charge in [0.15, 0.2) is 0 Å². The Morgan fingerprint density at radius 1 is 0.882 bits per heavy atom. The Hall–Kier alpha value is -0.580. The first-order valence-corrected chi connectivity index (χ1v) is 7.04. The second kappa shape index (κ2) is 10.6. The predicted octanol–water partition coefficient (Wildman–Crippen LogP) is 3.43. The van der Waals surface area contributed by atoms with Crippen LogP contribution < -0.4 is 0 Å². The third kappa shape index (κ3) is 11.7. The van der Waals surface area contributed by atoms with Crippen LogP contribution >= 0.6 is 15.9 Å². The number of carbonyl (C=O) groups is 2. The molecule has 0 fully saturated rings. The van der Waals surface area contributed by atoms with Gasteiger partial charge in [0, 0.05) is 6.42 Å². The van der Waals surface area contributed by atoms with Crippen molar-refractivity contribution in [3.05, 3.63) is 0 Å². The first kappa shape index (κ1) is 16.4. The quantitative estimate of drug-likeness (QED) is 0.453. The number of alkyl halides is 1. The van der Waals surface area contributed by atoms with Crippen LogP contribution in [0.5, 0.6) is 0 Å². The fraction of sp³-hybridized carbons (Fsp3) is 0.833. The lowest BCUT2D eigenvalue weighted by molar-refractivity contribution is -0.137. The molecule has 100 valence electrons. The highest BCUT2D eigenvalue weighted by molar-refractivity contribution is 9.10. The average Bonchev–Trinajstić information content (AvgIpc) is 2.25. The van der Waals surface area contributed by atoms with Crippen LogP contribution in [-0.2, 0) is 9.59 Å². The zero-order chi connectivity index (χ0) is 13.1. The number of halogens is 1. The molecule has 0 aliphatic heterocycles. The van der Waals surface area contributed by atoms with Gasteiger partial charge in [-0.05, 0) is 12.8 Å². The molecule has 0 saturated carbocycles. The third-order valence-electron chi connectivity index (χ3n) is 2.62. The Morgan fingerprint density at radius 2 is 1.35 bits per heavy atom. The van der Waals surface area contributed by atoms with Gasteiger partial charge in [-0.1, -0.05) is 54.5 Å². The van der Waals surface area contributed by atoms with E-state index in [1.807, 2.05) is 0 Å². The highest BCUT2D eigenvalue weighted by Crippen LogP contribution is 2.14. The van der Waals surface area contributed by atoms with Gasteiger partial charge >= 0.3 is 11.9 Å². The van der Waals surface area contributed by atoms with Gasteiger partial charge in [-0.25, -0.2) is 0 Å². The molecule has 0 amide bonds. The van der Waals surface area contributed by atoms with Crippen molar-refractivity contribution < 1.29 is 19.8 Å². The number of carboxylic acid groups (broad SMARTS) is 2. The van der Waals surface area contributed by atoms with Crippen molar-refractivity contribution in [3.8, 4) is 0 Å². The molecule has 0 rings (SSSR count). The van der Waals surface area contributed by atoms with Crippen molar-refractivity contribution in [2.45, 2.75) is 62.6 Å². The molecule has 0 aliphatic carbocycles. The Bertz CT molecular complexity index is 231. The first-order chi connectivity index (χ1) is 8.04. The summed E-state index contributed by atoms with van der Waals surface area (Å²) in [6, 6.07) is 0. The molecule has 0 bridgehead atoms. The molecule has 0 aliphatic rings. The zero-order valence-corrected chi connectivity index (χ0v) is 11.6. The van der Waals surface area contributed by atoms with Crippen LogP contribution in [-0.4, -0.2) is 27.0 Å². The summed E-state index contributed by atoms with van der Waals surface area (Å²) < 4.78 is 0. The number of carboxylic acids is 2. The molecule has 1 unspecified atom stereocenters. The largest absolute Gasteiger partial charge is 0.481 e. The molecule has 0 radical (unpaired) electrons. The Balaban J connectivity index is 3.14. The highest BCUT2D eigenvalue weighted by Gasteiger charge is 2.11. The van der Waals surface area contributed by atoms with E-state index < -0.39 is 16.8 Å². The summed E-state index contributed by atoms with van der Waals surface area (Å²) in [5, 5.41) is 17.1. The molecule has 4 nitrogen and oxygen atoms in total. The van der Waals surface area contributed by atoms with E-state index in [0.29, 0.717) is 6.42 Å². The van der Waals surface area contributed by atoms with E-state index in [1.54, 1.807) is 0 Å². The molecule has 2 N–H and O–H groups in total. The molecule has 0 aromatic heterocycles. The second-order valence-electron chi connectivity index (χ2n) is 4.21. The van der Waals surface area contributed by atoms with E-state index in [-0.39, 0.29) is 6.42 Å². The molecular weight excluding hydrogens is 288 g/mol. The van der Waals surface area contributed by atoms with Crippen LogP contribution in [0.3, 0.4) is 0 Å². The van der Waals surface area contributed by atoms with Gasteiger partial charge in [-0.15, -0.1) is 0 Å². The average molecular weight is 309 g/mol. The normalized spacial score (nSPS) is 12.3. The van der Waals surface area contributed by atoms with E-state index in [0.717, 1.165) is 44.9 Å². The van der Waals surface area contributed by atoms with Gasteiger partial charge in [0.25, 0.3) is 0 Å². The molecule has 0 heterocycles. The van der Waals surface area contributed by atoms with Gasteiger partial charge in [-0.3, -0.25) is 9.59 Å². The molecule has 1 atom stereocenters. The first-order valence-electron chi connectivity index (χ1n) is 6.12. The van der Waals surface area contributed by atoms with Crippen LogP contribution in [0.25, 0.3) is 0 Å². The Morgan fingerprint density at radius 3 is 1.82 bits per heavy atom.